The van der Waals surface area contributed by atoms with Crippen LogP contribution < -0.4 is 21.3 Å². The summed E-state index contributed by atoms with van der Waals surface area (Å²) in [6.07, 6.45) is 0.869. The number of nitrogens with one attached hydrogen (secondary N) is 4. The van der Waals surface area contributed by atoms with Gasteiger partial charge in [-0.1, -0.05) is 0 Å². The standard InChI is InChI=1S/C17H28N4O6/c1-6-26-16(24)20-14(22)8-11(3)18-10-13(5)19-12(4)9-15(23)21-17(25)27-7-2/h8-9,13,18-19H,6-7,10H2,1-5H3,(H,20,22,24)(H,21,23,25)/b11-8-,12-9-/t13-/m0/s1. The molecule has 0 radical (unpaired) electrons. The zero-order valence-corrected chi connectivity index (χ0v) is 16.3. The highest BCUT2D eigenvalue weighted by Gasteiger charge is 2.08. The summed E-state index contributed by atoms with van der Waals surface area (Å²) in [5.74, 6) is -1.18. The summed E-state index contributed by atoms with van der Waals surface area (Å²) in [4.78, 5) is 45.5. The third-order valence-electron chi connectivity index (χ3n) is 2.86. The van der Waals surface area contributed by atoms with E-state index in [1.54, 1.807) is 27.7 Å². The summed E-state index contributed by atoms with van der Waals surface area (Å²) in [5, 5.41) is 10.2. The van der Waals surface area contributed by atoms with Crippen molar-refractivity contribution in [1.82, 2.24) is 21.3 Å². The molecule has 0 aliphatic carbocycles. The smallest absolute Gasteiger partial charge is 0.414 e. The Balaban J connectivity index is 4.35. The first-order chi connectivity index (χ1) is 12.7. The summed E-state index contributed by atoms with van der Waals surface area (Å²) in [7, 11) is 0. The number of ether oxygens (including phenoxy) is 2. The van der Waals surface area contributed by atoms with Gasteiger partial charge < -0.3 is 20.1 Å². The molecule has 0 aliphatic heterocycles. The summed E-state index contributed by atoms with van der Waals surface area (Å²) < 4.78 is 9.22. The Hall–Kier alpha value is -3.04. The Kier molecular flexibility index (Phi) is 11.7. The van der Waals surface area contributed by atoms with Crippen molar-refractivity contribution in [2.45, 2.75) is 40.7 Å². The van der Waals surface area contributed by atoms with E-state index in [-0.39, 0.29) is 19.3 Å². The first-order valence-corrected chi connectivity index (χ1v) is 8.50. The van der Waals surface area contributed by atoms with E-state index < -0.39 is 24.0 Å². The minimum absolute atomic E-state index is 0.0897. The highest BCUT2D eigenvalue weighted by Crippen LogP contribution is 1.94. The number of rotatable bonds is 9. The Morgan fingerprint density at radius 3 is 1.74 bits per heavy atom. The first kappa shape index (κ1) is 24.0. The van der Waals surface area contributed by atoms with Crippen LogP contribution in [0.2, 0.25) is 0 Å². The monoisotopic (exact) mass is 384 g/mol. The van der Waals surface area contributed by atoms with Gasteiger partial charge in [0.1, 0.15) is 0 Å². The van der Waals surface area contributed by atoms with Crippen molar-refractivity contribution in [2.75, 3.05) is 19.8 Å². The van der Waals surface area contributed by atoms with E-state index in [9.17, 15) is 19.2 Å². The molecule has 0 aromatic rings. The van der Waals surface area contributed by atoms with E-state index in [1.807, 2.05) is 6.92 Å². The van der Waals surface area contributed by atoms with E-state index >= 15 is 0 Å². The van der Waals surface area contributed by atoms with Crippen LogP contribution in [0, 0.1) is 0 Å². The fourth-order valence-corrected chi connectivity index (χ4v) is 1.85. The van der Waals surface area contributed by atoms with Gasteiger partial charge >= 0.3 is 12.2 Å². The summed E-state index contributed by atoms with van der Waals surface area (Å²) in [5.41, 5.74) is 1.10. The lowest BCUT2D eigenvalue weighted by Gasteiger charge is -2.17. The van der Waals surface area contributed by atoms with Crippen molar-refractivity contribution in [3.63, 3.8) is 0 Å². The molecule has 0 rings (SSSR count). The number of amides is 4. The van der Waals surface area contributed by atoms with Crippen LogP contribution in [0.4, 0.5) is 9.59 Å². The fraction of sp³-hybridized carbons (Fsp3) is 0.529. The summed E-state index contributed by atoms with van der Waals surface area (Å²) >= 11 is 0. The number of hydrogen-bond donors (Lipinski definition) is 4. The Bertz CT molecular complexity index is 600. The van der Waals surface area contributed by atoms with Gasteiger partial charge in [-0.2, -0.15) is 0 Å². The maximum absolute atomic E-state index is 11.6. The second kappa shape index (κ2) is 13.2. The second-order valence-electron chi connectivity index (χ2n) is 5.50. The molecule has 0 fully saturated rings. The Morgan fingerprint density at radius 1 is 0.852 bits per heavy atom. The molecule has 0 heterocycles. The van der Waals surface area contributed by atoms with Crippen LogP contribution in [-0.4, -0.2) is 49.8 Å². The van der Waals surface area contributed by atoms with Crippen LogP contribution in [0.3, 0.4) is 0 Å². The van der Waals surface area contributed by atoms with E-state index in [2.05, 4.69) is 30.7 Å². The van der Waals surface area contributed by atoms with Crippen LogP contribution in [0.25, 0.3) is 0 Å². The molecule has 0 saturated heterocycles. The second-order valence-corrected chi connectivity index (χ2v) is 5.50. The predicted octanol–water partition coefficient (Wildman–Crippen LogP) is 0.907. The van der Waals surface area contributed by atoms with Crippen molar-refractivity contribution in [1.29, 1.82) is 0 Å². The van der Waals surface area contributed by atoms with Crippen LogP contribution in [-0.2, 0) is 19.1 Å². The van der Waals surface area contributed by atoms with Crippen molar-refractivity contribution < 1.29 is 28.7 Å². The van der Waals surface area contributed by atoms with E-state index in [0.29, 0.717) is 17.9 Å². The summed E-state index contributed by atoms with van der Waals surface area (Å²) in [6.45, 7) is 9.28. The molecule has 1 atom stereocenters. The van der Waals surface area contributed by atoms with Gasteiger partial charge in [-0.25, -0.2) is 9.59 Å². The molecule has 0 bridgehead atoms. The normalized spacial score (nSPS) is 12.5. The van der Waals surface area contributed by atoms with Gasteiger partial charge in [0.2, 0.25) is 0 Å². The van der Waals surface area contributed by atoms with Crippen LogP contribution >= 0.6 is 0 Å². The molecule has 10 nitrogen and oxygen atoms in total. The van der Waals surface area contributed by atoms with Gasteiger partial charge in [0, 0.05) is 36.1 Å². The lowest BCUT2D eigenvalue weighted by Crippen LogP contribution is -2.36. The van der Waals surface area contributed by atoms with Crippen molar-refractivity contribution >= 4 is 24.0 Å². The lowest BCUT2D eigenvalue weighted by atomic mass is 10.3. The minimum atomic E-state index is -0.803. The van der Waals surface area contributed by atoms with E-state index in [0.717, 1.165) is 0 Å². The number of allylic oxidation sites excluding steroid dienone is 2. The zero-order valence-electron chi connectivity index (χ0n) is 16.3. The topological polar surface area (TPSA) is 135 Å². The van der Waals surface area contributed by atoms with E-state index in [1.165, 1.54) is 12.2 Å². The van der Waals surface area contributed by atoms with Gasteiger partial charge in [-0.3, -0.25) is 20.2 Å². The molecule has 0 saturated carbocycles. The Labute approximate surface area is 158 Å². The number of imide groups is 2. The minimum Gasteiger partial charge on any atom is -0.450 e. The van der Waals surface area contributed by atoms with Gasteiger partial charge in [-0.15, -0.1) is 0 Å². The molecule has 4 N–H and O–H groups in total. The maximum Gasteiger partial charge on any atom is 0.414 e. The lowest BCUT2D eigenvalue weighted by molar-refractivity contribution is -0.116. The molecule has 10 heteroatoms. The molecule has 152 valence electrons. The van der Waals surface area contributed by atoms with Crippen LogP contribution in [0.5, 0.6) is 0 Å². The first-order valence-electron chi connectivity index (χ1n) is 8.50. The average molecular weight is 384 g/mol. The van der Waals surface area contributed by atoms with Gasteiger partial charge in [0.05, 0.1) is 13.2 Å². The third-order valence-corrected chi connectivity index (χ3v) is 2.86. The number of carbonyl (C=O) groups is 4. The SMILES string of the molecule is CCOC(=O)NC(=O)/C=C(/C)NC[C@H](C)N/C(C)=C\C(=O)NC(=O)OCC. The summed E-state index contributed by atoms with van der Waals surface area (Å²) in [6, 6.07) is -0.0897. The highest BCUT2D eigenvalue weighted by molar-refractivity contribution is 5.99. The van der Waals surface area contributed by atoms with Gasteiger partial charge in [0.15, 0.2) is 0 Å². The Morgan fingerprint density at radius 2 is 1.30 bits per heavy atom. The zero-order chi connectivity index (χ0) is 20.8. The number of hydrogen-bond acceptors (Lipinski definition) is 8. The molecule has 0 aromatic carbocycles. The maximum atomic E-state index is 11.6. The number of alkyl carbamates (subject to hydrolysis) is 2. The van der Waals surface area contributed by atoms with Gasteiger partial charge in [-0.05, 0) is 34.6 Å². The molecular weight excluding hydrogens is 356 g/mol. The van der Waals surface area contributed by atoms with E-state index in [4.69, 9.17) is 0 Å². The van der Waals surface area contributed by atoms with Gasteiger partial charge in [0.25, 0.3) is 11.8 Å². The largest absolute Gasteiger partial charge is 0.450 e. The van der Waals surface area contributed by atoms with Crippen LogP contribution in [0.15, 0.2) is 23.5 Å². The average Bonchev–Trinajstić information content (AvgIpc) is 2.52. The predicted molar refractivity (Wildman–Crippen MR) is 98.4 cm³/mol. The molecule has 0 aliphatic rings. The molecule has 0 unspecified atom stereocenters. The molecule has 27 heavy (non-hydrogen) atoms. The highest BCUT2D eigenvalue weighted by atomic mass is 16.6. The fourth-order valence-electron chi connectivity index (χ4n) is 1.85. The van der Waals surface area contributed by atoms with Crippen molar-refractivity contribution in [3.05, 3.63) is 23.5 Å². The van der Waals surface area contributed by atoms with Crippen LogP contribution in [0.1, 0.15) is 34.6 Å². The molecule has 0 spiro atoms. The molecular formula is C17H28N4O6. The third kappa shape index (κ3) is 12.9. The van der Waals surface area contributed by atoms with Crippen molar-refractivity contribution in [3.8, 4) is 0 Å². The quantitative estimate of drug-likeness (QED) is 0.431. The number of carbonyl (C=O) groups excluding carboxylic acids is 4. The molecule has 4 amide bonds. The van der Waals surface area contributed by atoms with Crippen molar-refractivity contribution in [2.24, 2.45) is 0 Å². The molecule has 0 aromatic heterocycles.